The quantitative estimate of drug-likeness (QED) is 0.509. The lowest BCUT2D eigenvalue weighted by Crippen LogP contribution is -2.54. The Morgan fingerprint density at radius 3 is 2.58 bits per heavy atom. The first-order valence-electron chi connectivity index (χ1n) is 10.2. The Bertz CT molecular complexity index is 1250. The average Bonchev–Trinajstić information content (AvgIpc) is 3.43. The zero-order valence-corrected chi connectivity index (χ0v) is 17.3. The number of nitrogens with zero attached hydrogens (tertiary/aromatic N) is 4. The van der Waals surface area contributed by atoms with Gasteiger partial charge >= 0.3 is 12.2 Å². The summed E-state index contributed by atoms with van der Waals surface area (Å²) < 4.78 is 40.2. The monoisotopic (exact) mass is 454 g/mol. The highest BCUT2D eigenvalue weighted by Crippen LogP contribution is 2.44. The zero-order chi connectivity index (χ0) is 23.7. The number of piperazine rings is 1. The first-order valence-corrected chi connectivity index (χ1v) is 10.2. The minimum absolute atomic E-state index is 0.241. The molecule has 3 atom stereocenters. The molecule has 0 N–H and O–H groups in total. The second kappa shape index (κ2) is 7.07. The Labute approximate surface area is 186 Å². The van der Waals surface area contributed by atoms with Gasteiger partial charge in [-0.05, 0) is 37.6 Å². The van der Waals surface area contributed by atoms with Crippen molar-refractivity contribution in [3.8, 4) is 0 Å². The van der Waals surface area contributed by atoms with Crippen LogP contribution < -0.4 is 4.90 Å². The number of carbonyl (C=O) groups excluding carboxylic acids is 3. The molecule has 10 heteroatoms. The third-order valence-electron chi connectivity index (χ3n) is 6.45. The summed E-state index contributed by atoms with van der Waals surface area (Å²) in [4.78, 5) is 46.0. The number of benzene rings is 2. The summed E-state index contributed by atoms with van der Waals surface area (Å²) in [7, 11) is 0. The van der Waals surface area contributed by atoms with E-state index in [1.807, 2.05) is 13.0 Å². The highest BCUT2D eigenvalue weighted by atomic mass is 19.4. The zero-order valence-electron chi connectivity index (χ0n) is 17.3. The summed E-state index contributed by atoms with van der Waals surface area (Å²) in [6.45, 7) is 9.08. The molecule has 0 spiro atoms. The number of anilines is 1. The molecule has 0 saturated carbocycles. The predicted octanol–water partition coefficient (Wildman–Crippen LogP) is 4.00. The molecule has 0 radical (unpaired) electrons. The maximum Gasteiger partial charge on any atom is 0.407 e. The number of rotatable bonds is 2. The van der Waals surface area contributed by atoms with Crippen LogP contribution in [0.2, 0.25) is 0 Å². The Morgan fingerprint density at radius 2 is 1.91 bits per heavy atom. The van der Waals surface area contributed by atoms with Crippen LogP contribution in [0.15, 0.2) is 42.5 Å². The van der Waals surface area contributed by atoms with Gasteiger partial charge in [0.15, 0.2) is 5.69 Å². The molecule has 2 aromatic carbocycles. The van der Waals surface area contributed by atoms with Gasteiger partial charge in [0.1, 0.15) is 6.04 Å². The SMILES string of the molecule is [C-]#[N+]c1ccc(N2C(=O)[C@H]3[C@H]4CC(CN4C(=O)c4cccc(C)c4)N3C2=O)cc1C(F)(F)F. The van der Waals surface area contributed by atoms with Crippen molar-refractivity contribution in [3.63, 3.8) is 0 Å². The maximum atomic E-state index is 13.4. The van der Waals surface area contributed by atoms with E-state index < -0.39 is 41.4 Å². The number of alkyl halides is 3. The molecule has 1 unspecified atom stereocenters. The van der Waals surface area contributed by atoms with Crippen LogP contribution in [0.3, 0.4) is 0 Å². The van der Waals surface area contributed by atoms with Gasteiger partial charge in [-0.15, -0.1) is 0 Å². The van der Waals surface area contributed by atoms with Gasteiger partial charge in [-0.25, -0.2) is 14.5 Å². The van der Waals surface area contributed by atoms with Crippen LogP contribution >= 0.6 is 0 Å². The number of hydrogen-bond donors (Lipinski definition) is 0. The van der Waals surface area contributed by atoms with Crippen molar-refractivity contribution < 1.29 is 27.6 Å². The number of fused-ring (bicyclic) bond motifs is 5. The van der Waals surface area contributed by atoms with E-state index >= 15 is 0 Å². The molecule has 7 nitrogen and oxygen atoms in total. The lowest BCUT2D eigenvalue weighted by molar-refractivity contribution is -0.136. The number of amides is 4. The van der Waals surface area contributed by atoms with Crippen molar-refractivity contribution in [1.82, 2.24) is 9.80 Å². The molecule has 3 heterocycles. The normalized spacial score (nSPS) is 23.8. The molecule has 3 aliphatic rings. The molecule has 3 saturated heterocycles. The Morgan fingerprint density at radius 1 is 1.15 bits per heavy atom. The second-order valence-electron chi connectivity index (χ2n) is 8.40. The molecule has 2 bridgehead atoms. The maximum absolute atomic E-state index is 13.4. The molecule has 3 fully saturated rings. The van der Waals surface area contributed by atoms with E-state index in [2.05, 4.69) is 4.85 Å². The minimum Gasteiger partial charge on any atom is -0.331 e. The standard InChI is InChI=1S/C23H17F3N4O3/c1-12-4-3-5-13(8-12)20(31)28-11-15-10-18(28)19-21(32)30(22(33)29(15)19)14-6-7-17(27-2)16(9-14)23(24,25)26/h3-9,15,18-19H,10-11H2,1H3/t15?,18-,19-/m1/s1. The Balaban J connectivity index is 1.47. The fourth-order valence-corrected chi connectivity index (χ4v) is 5.06. The van der Waals surface area contributed by atoms with Gasteiger partial charge in [0.2, 0.25) is 0 Å². The smallest absolute Gasteiger partial charge is 0.331 e. The van der Waals surface area contributed by atoms with Crippen molar-refractivity contribution in [2.24, 2.45) is 0 Å². The van der Waals surface area contributed by atoms with Gasteiger partial charge in [0, 0.05) is 12.1 Å². The van der Waals surface area contributed by atoms with Crippen LogP contribution in [-0.2, 0) is 11.0 Å². The van der Waals surface area contributed by atoms with E-state index in [0.717, 1.165) is 22.6 Å². The number of carbonyl (C=O) groups is 3. The molecule has 5 rings (SSSR count). The van der Waals surface area contributed by atoms with Crippen LogP contribution in [0.1, 0.15) is 27.9 Å². The van der Waals surface area contributed by atoms with Gasteiger partial charge in [-0.2, -0.15) is 13.2 Å². The largest absolute Gasteiger partial charge is 0.407 e. The van der Waals surface area contributed by atoms with Crippen molar-refractivity contribution in [3.05, 3.63) is 70.6 Å². The van der Waals surface area contributed by atoms with Crippen LogP contribution in [-0.4, -0.2) is 52.3 Å². The van der Waals surface area contributed by atoms with Gasteiger partial charge < -0.3 is 9.80 Å². The number of imide groups is 1. The lowest BCUT2D eigenvalue weighted by atomic mass is 10.1. The molecule has 0 aliphatic carbocycles. The van der Waals surface area contributed by atoms with E-state index in [1.165, 1.54) is 4.90 Å². The highest BCUT2D eigenvalue weighted by molar-refractivity contribution is 6.22. The number of likely N-dealkylation sites (tertiary alicyclic amines) is 1. The number of halogens is 3. The van der Waals surface area contributed by atoms with E-state index in [0.29, 0.717) is 18.1 Å². The van der Waals surface area contributed by atoms with E-state index in [1.54, 1.807) is 23.1 Å². The van der Waals surface area contributed by atoms with Crippen molar-refractivity contribution in [2.45, 2.75) is 37.6 Å². The van der Waals surface area contributed by atoms with Crippen LogP contribution in [0.5, 0.6) is 0 Å². The molecule has 168 valence electrons. The summed E-state index contributed by atoms with van der Waals surface area (Å²) in [5, 5.41) is 0. The topological polar surface area (TPSA) is 65.3 Å². The van der Waals surface area contributed by atoms with Crippen molar-refractivity contribution >= 4 is 29.2 Å². The number of aryl methyl sites for hydroxylation is 1. The Hall–Kier alpha value is -3.87. The van der Waals surface area contributed by atoms with E-state index in [9.17, 15) is 27.6 Å². The predicted molar refractivity (Wildman–Crippen MR) is 111 cm³/mol. The number of urea groups is 1. The van der Waals surface area contributed by atoms with Crippen LogP contribution in [0.25, 0.3) is 4.85 Å². The summed E-state index contributed by atoms with van der Waals surface area (Å²) in [5.41, 5.74) is -0.668. The third kappa shape index (κ3) is 3.07. The molecular weight excluding hydrogens is 437 g/mol. The molecule has 0 aromatic heterocycles. The van der Waals surface area contributed by atoms with Crippen LogP contribution in [0, 0.1) is 13.5 Å². The molecular formula is C23H17F3N4O3. The lowest BCUT2D eigenvalue weighted by Gasteiger charge is -2.35. The molecule has 2 aromatic rings. The summed E-state index contributed by atoms with van der Waals surface area (Å²) >= 11 is 0. The fourth-order valence-electron chi connectivity index (χ4n) is 5.06. The van der Waals surface area contributed by atoms with Gasteiger partial charge in [0.05, 0.1) is 29.9 Å². The fraction of sp³-hybridized carbons (Fsp3) is 0.304. The number of hydrogen-bond acceptors (Lipinski definition) is 3. The molecule has 4 amide bonds. The van der Waals surface area contributed by atoms with Crippen LogP contribution in [0.4, 0.5) is 29.3 Å². The second-order valence-corrected chi connectivity index (χ2v) is 8.40. The van der Waals surface area contributed by atoms with Gasteiger partial charge in [-0.3, -0.25) is 9.59 Å². The van der Waals surface area contributed by atoms with Crippen molar-refractivity contribution in [1.29, 1.82) is 0 Å². The van der Waals surface area contributed by atoms with Crippen molar-refractivity contribution in [2.75, 3.05) is 11.4 Å². The third-order valence-corrected chi connectivity index (χ3v) is 6.45. The first-order chi connectivity index (χ1) is 15.6. The van der Waals surface area contributed by atoms with Gasteiger partial charge in [0.25, 0.3) is 11.8 Å². The average molecular weight is 454 g/mol. The van der Waals surface area contributed by atoms with E-state index in [-0.39, 0.29) is 24.2 Å². The van der Waals surface area contributed by atoms with Gasteiger partial charge in [-0.1, -0.05) is 23.8 Å². The molecule has 33 heavy (non-hydrogen) atoms. The molecule has 3 aliphatic heterocycles. The minimum atomic E-state index is -4.81. The Kier molecular flexibility index (Phi) is 4.50. The summed E-state index contributed by atoms with van der Waals surface area (Å²) in [5.74, 6) is -0.914. The summed E-state index contributed by atoms with van der Waals surface area (Å²) in [6.07, 6.45) is -4.37. The highest BCUT2D eigenvalue weighted by Gasteiger charge is 2.63. The first kappa shape index (κ1) is 21.0. The van der Waals surface area contributed by atoms with E-state index in [4.69, 9.17) is 6.57 Å². The summed E-state index contributed by atoms with van der Waals surface area (Å²) in [6, 6.07) is 7.25.